The van der Waals surface area contributed by atoms with Gasteiger partial charge in [-0.05, 0) is 59.9 Å². The summed E-state index contributed by atoms with van der Waals surface area (Å²) in [6.45, 7) is 5.11. The van der Waals surface area contributed by atoms with Crippen LogP contribution in [0.15, 0.2) is 60.7 Å². The van der Waals surface area contributed by atoms with Gasteiger partial charge in [0, 0.05) is 11.1 Å². The fourth-order valence-corrected chi connectivity index (χ4v) is 3.80. The SMILES string of the molecule is CCCCC(CC)COc1cc(C=Cc2ccc(O)cc2)c(OC)cc1C=Cc1ccc(O)cc1. The fourth-order valence-electron chi connectivity index (χ4n) is 3.80. The number of rotatable bonds is 12. The van der Waals surface area contributed by atoms with Gasteiger partial charge >= 0.3 is 0 Å². The molecule has 0 heterocycles. The number of aromatic hydroxyl groups is 2. The van der Waals surface area contributed by atoms with E-state index in [0.29, 0.717) is 12.5 Å². The number of phenols is 2. The molecule has 0 aliphatic rings. The first-order valence-electron chi connectivity index (χ1n) is 12.3. The van der Waals surface area contributed by atoms with Crippen LogP contribution in [-0.4, -0.2) is 23.9 Å². The molecular weight excluding hydrogens is 436 g/mol. The molecule has 1 unspecified atom stereocenters. The van der Waals surface area contributed by atoms with E-state index in [4.69, 9.17) is 9.47 Å². The maximum Gasteiger partial charge on any atom is 0.127 e. The Bertz CT molecular complexity index is 1110. The minimum Gasteiger partial charge on any atom is -0.508 e. The van der Waals surface area contributed by atoms with Crippen LogP contribution in [0.5, 0.6) is 23.0 Å². The second-order valence-corrected chi connectivity index (χ2v) is 8.71. The molecule has 3 aromatic rings. The molecule has 0 bridgehead atoms. The van der Waals surface area contributed by atoms with Gasteiger partial charge in [0.15, 0.2) is 0 Å². The fraction of sp³-hybridized carbons (Fsp3) is 0.290. The Balaban J connectivity index is 1.93. The van der Waals surface area contributed by atoms with Crippen LogP contribution in [0.3, 0.4) is 0 Å². The summed E-state index contributed by atoms with van der Waals surface area (Å²) in [5.41, 5.74) is 3.81. The Morgan fingerprint density at radius 3 is 1.74 bits per heavy atom. The number of hydrogen-bond acceptors (Lipinski definition) is 4. The van der Waals surface area contributed by atoms with Gasteiger partial charge in [-0.25, -0.2) is 0 Å². The Morgan fingerprint density at radius 2 is 1.26 bits per heavy atom. The van der Waals surface area contributed by atoms with Crippen molar-refractivity contribution in [1.82, 2.24) is 0 Å². The van der Waals surface area contributed by atoms with Gasteiger partial charge < -0.3 is 19.7 Å². The molecule has 184 valence electrons. The topological polar surface area (TPSA) is 58.9 Å². The van der Waals surface area contributed by atoms with Crippen molar-refractivity contribution in [3.8, 4) is 23.0 Å². The highest BCUT2D eigenvalue weighted by molar-refractivity contribution is 5.79. The summed E-state index contributed by atoms with van der Waals surface area (Å²) in [6.07, 6.45) is 12.7. The van der Waals surface area contributed by atoms with E-state index >= 15 is 0 Å². The second-order valence-electron chi connectivity index (χ2n) is 8.71. The summed E-state index contributed by atoms with van der Waals surface area (Å²) in [7, 11) is 1.67. The van der Waals surface area contributed by atoms with Gasteiger partial charge in [-0.1, -0.05) is 81.7 Å². The lowest BCUT2D eigenvalue weighted by Gasteiger charge is -2.18. The highest BCUT2D eigenvalue weighted by Crippen LogP contribution is 2.33. The third kappa shape index (κ3) is 7.96. The second kappa shape index (κ2) is 13.3. The summed E-state index contributed by atoms with van der Waals surface area (Å²) in [5.74, 6) is 2.56. The molecule has 0 aliphatic heterocycles. The van der Waals surface area contributed by atoms with E-state index < -0.39 is 0 Å². The largest absolute Gasteiger partial charge is 0.508 e. The van der Waals surface area contributed by atoms with Crippen molar-refractivity contribution in [2.24, 2.45) is 5.92 Å². The zero-order valence-corrected chi connectivity index (χ0v) is 20.9. The third-order valence-electron chi connectivity index (χ3n) is 6.08. The average molecular weight is 473 g/mol. The van der Waals surface area contributed by atoms with E-state index in [0.717, 1.165) is 46.6 Å². The maximum absolute atomic E-state index is 9.56. The van der Waals surface area contributed by atoms with Crippen LogP contribution in [0.2, 0.25) is 0 Å². The first kappa shape index (κ1) is 26.0. The van der Waals surface area contributed by atoms with Gasteiger partial charge in [0.2, 0.25) is 0 Å². The molecule has 4 nitrogen and oxygen atoms in total. The lowest BCUT2D eigenvalue weighted by atomic mass is 10.0. The van der Waals surface area contributed by atoms with Crippen molar-refractivity contribution in [1.29, 1.82) is 0 Å². The smallest absolute Gasteiger partial charge is 0.127 e. The monoisotopic (exact) mass is 472 g/mol. The van der Waals surface area contributed by atoms with Crippen molar-refractivity contribution in [2.75, 3.05) is 13.7 Å². The molecule has 0 amide bonds. The molecule has 3 rings (SSSR count). The number of unbranched alkanes of at least 4 members (excludes halogenated alkanes) is 1. The van der Waals surface area contributed by atoms with E-state index in [1.165, 1.54) is 12.8 Å². The molecule has 2 N–H and O–H groups in total. The minimum atomic E-state index is 0.244. The summed E-state index contributed by atoms with van der Waals surface area (Å²) in [4.78, 5) is 0. The number of hydrogen-bond donors (Lipinski definition) is 2. The van der Waals surface area contributed by atoms with Crippen LogP contribution in [0.4, 0.5) is 0 Å². The number of benzene rings is 3. The molecular formula is C31H36O4. The van der Waals surface area contributed by atoms with Crippen LogP contribution >= 0.6 is 0 Å². The number of phenolic OH excluding ortho intramolecular Hbond substituents is 2. The Kier molecular flexibility index (Phi) is 9.85. The summed E-state index contributed by atoms with van der Waals surface area (Å²) in [5, 5.41) is 19.1. The van der Waals surface area contributed by atoms with Crippen LogP contribution in [-0.2, 0) is 0 Å². The molecule has 0 saturated carbocycles. The Hall–Kier alpha value is -3.66. The van der Waals surface area contributed by atoms with Gasteiger partial charge in [0.25, 0.3) is 0 Å². The van der Waals surface area contributed by atoms with Crippen LogP contribution in [0.25, 0.3) is 24.3 Å². The van der Waals surface area contributed by atoms with Crippen molar-refractivity contribution in [3.05, 3.63) is 82.9 Å². The molecule has 0 aliphatic carbocycles. The molecule has 4 heteroatoms. The first-order chi connectivity index (χ1) is 17.0. The summed E-state index contributed by atoms with van der Waals surface area (Å²) in [6, 6.07) is 18.2. The van der Waals surface area contributed by atoms with Gasteiger partial charge in [0.05, 0.1) is 13.7 Å². The predicted octanol–water partition coefficient (Wildman–Crippen LogP) is 8.04. The molecule has 0 spiro atoms. The van der Waals surface area contributed by atoms with Crippen LogP contribution < -0.4 is 9.47 Å². The molecule has 1 atom stereocenters. The van der Waals surface area contributed by atoms with E-state index in [1.807, 2.05) is 60.7 Å². The van der Waals surface area contributed by atoms with E-state index in [-0.39, 0.29) is 11.5 Å². The van der Waals surface area contributed by atoms with Gasteiger partial charge in [-0.2, -0.15) is 0 Å². The van der Waals surface area contributed by atoms with E-state index in [9.17, 15) is 10.2 Å². The van der Waals surface area contributed by atoms with Crippen molar-refractivity contribution >= 4 is 24.3 Å². The van der Waals surface area contributed by atoms with Crippen molar-refractivity contribution < 1.29 is 19.7 Å². The van der Waals surface area contributed by atoms with Crippen molar-refractivity contribution in [2.45, 2.75) is 39.5 Å². The number of ether oxygens (including phenoxy) is 2. The number of methoxy groups -OCH3 is 1. The summed E-state index contributed by atoms with van der Waals surface area (Å²) >= 11 is 0. The maximum atomic E-state index is 9.56. The lowest BCUT2D eigenvalue weighted by molar-refractivity contribution is 0.232. The molecule has 0 fully saturated rings. The van der Waals surface area contributed by atoms with Gasteiger partial charge in [-0.15, -0.1) is 0 Å². The van der Waals surface area contributed by atoms with Gasteiger partial charge in [-0.3, -0.25) is 0 Å². The third-order valence-corrected chi connectivity index (χ3v) is 6.08. The summed E-state index contributed by atoms with van der Waals surface area (Å²) < 4.78 is 12.1. The Morgan fingerprint density at radius 1 is 0.743 bits per heavy atom. The van der Waals surface area contributed by atoms with E-state index in [1.54, 1.807) is 31.4 Å². The predicted molar refractivity (Wildman–Crippen MR) is 146 cm³/mol. The standard InChI is InChI=1S/C31H36O4/c1-4-6-7-23(5-2)22-35-31-21-26(14-8-24-10-16-28(32)17-11-24)30(34-3)20-27(31)15-9-25-12-18-29(33)19-13-25/h8-21,23,32-33H,4-7,22H2,1-3H3. The average Bonchev–Trinajstić information content (AvgIpc) is 2.88. The Labute approximate surface area is 209 Å². The molecule has 3 aromatic carbocycles. The first-order valence-corrected chi connectivity index (χ1v) is 12.3. The highest BCUT2D eigenvalue weighted by atomic mass is 16.5. The van der Waals surface area contributed by atoms with Crippen LogP contribution in [0, 0.1) is 5.92 Å². The molecule has 35 heavy (non-hydrogen) atoms. The minimum absolute atomic E-state index is 0.244. The van der Waals surface area contributed by atoms with Crippen LogP contribution in [0.1, 0.15) is 61.8 Å². The molecule has 0 aromatic heterocycles. The molecule has 0 radical (unpaired) electrons. The highest BCUT2D eigenvalue weighted by Gasteiger charge is 2.12. The zero-order valence-electron chi connectivity index (χ0n) is 20.9. The van der Waals surface area contributed by atoms with Gasteiger partial charge in [0.1, 0.15) is 23.0 Å². The quantitative estimate of drug-likeness (QED) is 0.262. The van der Waals surface area contributed by atoms with E-state index in [2.05, 4.69) is 13.8 Å². The zero-order chi connectivity index (χ0) is 25.0. The lowest BCUT2D eigenvalue weighted by Crippen LogP contribution is -2.12. The van der Waals surface area contributed by atoms with Crippen molar-refractivity contribution in [3.63, 3.8) is 0 Å². The normalized spacial score (nSPS) is 12.3. The molecule has 0 saturated heterocycles.